The van der Waals surface area contributed by atoms with Crippen LogP contribution in [0.4, 0.5) is 4.79 Å². The van der Waals surface area contributed by atoms with E-state index >= 15 is 0 Å². The molecule has 1 saturated heterocycles. The third kappa shape index (κ3) is 2.80. The van der Waals surface area contributed by atoms with Gasteiger partial charge in [-0.2, -0.15) is 5.10 Å². The van der Waals surface area contributed by atoms with Crippen LogP contribution in [0.1, 0.15) is 18.0 Å². The van der Waals surface area contributed by atoms with Gasteiger partial charge in [-0.1, -0.05) is 30.3 Å². The van der Waals surface area contributed by atoms with E-state index in [2.05, 4.69) is 15.1 Å². The minimum absolute atomic E-state index is 0.0290. The minimum Gasteiger partial charge on any atom is -0.469 e. The highest BCUT2D eigenvalue weighted by Crippen LogP contribution is 2.30. The molecule has 0 N–H and O–H groups in total. The number of aromatic nitrogens is 2. The number of hydrazone groups is 1. The largest absolute Gasteiger partial charge is 0.469 e. The number of likely N-dealkylation sites (tertiary alicyclic amines) is 1. The lowest BCUT2D eigenvalue weighted by Gasteiger charge is -2.40. The molecule has 7 nitrogen and oxygen atoms in total. The first kappa shape index (κ1) is 14.6. The second-order valence-electron chi connectivity index (χ2n) is 5.78. The number of urea groups is 1. The van der Waals surface area contributed by atoms with E-state index in [4.69, 9.17) is 4.74 Å². The summed E-state index contributed by atoms with van der Waals surface area (Å²) < 4.78 is 5.68. The number of hydrogen-bond donors (Lipinski definition) is 0. The lowest BCUT2D eigenvalue weighted by molar-refractivity contribution is 0.0250. The third-order valence-corrected chi connectivity index (χ3v) is 4.16. The molecule has 122 valence electrons. The van der Waals surface area contributed by atoms with Crippen molar-refractivity contribution < 1.29 is 9.53 Å². The predicted molar refractivity (Wildman–Crippen MR) is 87.5 cm³/mol. The Labute approximate surface area is 139 Å². The molecule has 1 fully saturated rings. The molecule has 7 heteroatoms. The molecule has 0 bridgehead atoms. The average Bonchev–Trinajstić information content (AvgIpc) is 3.09. The molecule has 2 aromatic rings. The van der Waals surface area contributed by atoms with Crippen LogP contribution in [0.15, 0.2) is 54.0 Å². The Bertz CT molecular complexity index is 731. The molecule has 0 radical (unpaired) electrons. The van der Waals surface area contributed by atoms with Gasteiger partial charge in [-0.25, -0.2) is 14.8 Å². The molecule has 0 spiro atoms. The van der Waals surface area contributed by atoms with Crippen LogP contribution < -0.4 is 4.74 Å². The van der Waals surface area contributed by atoms with Crippen molar-refractivity contribution in [2.45, 2.75) is 18.6 Å². The van der Waals surface area contributed by atoms with Crippen molar-refractivity contribution in [2.75, 3.05) is 13.1 Å². The summed E-state index contributed by atoms with van der Waals surface area (Å²) in [7, 11) is 0. The van der Waals surface area contributed by atoms with Gasteiger partial charge in [0.25, 0.3) is 0 Å². The first-order chi connectivity index (χ1) is 11.8. The van der Waals surface area contributed by atoms with E-state index in [-0.39, 0.29) is 18.2 Å². The fourth-order valence-corrected chi connectivity index (χ4v) is 2.88. The van der Waals surface area contributed by atoms with Gasteiger partial charge in [0.2, 0.25) is 5.88 Å². The minimum atomic E-state index is -0.0865. The molecule has 3 heterocycles. The number of ether oxygens (including phenoxy) is 1. The summed E-state index contributed by atoms with van der Waals surface area (Å²) in [5, 5.41) is 5.82. The lowest BCUT2D eigenvalue weighted by Crippen LogP contribution is -2.58. The summed E-state index contributed by atoms with van der Waals surface area (Å²) in [4.78, 5) is 22.4. The van der Waals surface area contributed by atoms with Gasteiger partial charge in [-0.3, -0.25) is 4.98 Å². The topological polar surface area (TPSA) is 70.9 Å². The van der Waals surface area contributed by atoms with E-state index in [0.717, 1.165) is 12.0 Å². The van der Waals surface area contributed by atoms with Crippen molar-refractivity contribution >= 4 is 12.2 Å². The number of carbonyl (C=O) groups is 1. The fraction of sp³-hybridized carbons (Fsp3) is 0.294. The van der Waals surface area contributed by atoms with Gasteiger partial charge >= 0.3 is 6.03 Å². The number of hydrogen-bond acceptors (Lipinski definition) is 5. The van der Waals surface area contributed by atoms with Crippen molar-refractivity contribution in [3.63, 3.8) is 0 Å². The predicted octanol–water partition coefficient (Wildman–Crippen LogP) is 2.09. The summed E-state index contributed by atoms with van der Waals surface area (Å²) in [5.74, 6) is 0.482. The van der Waals surface area contributed by atoms with Crippen LogP contribution in [0, 0.1) is 0 Å². The van der Waals surface area contributed by atoms with Crippen molar-refractivity contribution in [3.8, 4) is 5.88 Å². The summed E-state index contributed by atoms with van der Waals surface area (Å²) in [6.45, 7) is 1.06. The molecule has 1 unspecified atom stereocenters. The van der Waals surface area contributed by atoms with Gasteiger partial charge in [0.15, 0.2) is 0 Å². The van der Waals surface area contributed by atoms with Crippen LogP contribution in [0.25, 0.3) is 0 Å². The van der Waals surface area contributed by atoms with Gasteiger partial charge in [0.05, 0.1) is 25.3 Å². The Morgan fingerprint density at radius 1 is 1.17 bits per heavy atom. The van der Waals surface area contributed by atoms with E-state index in [9.17, 15) is 4.79 Å². The molecule has 4 rings (SSSR count). The number of rotatable bonds is 3. The maximum atomic E-state index is 12.7. The number of nitrogens with zero attached hydrogens (tertiary/aromatic N) is 5. The van der Waals surface area contributed by atoms with Crippen LogP contribution in [-0.2, 0) is 0 Å². The normalized spacial score (nSPS) is 20.1. The highest BCUT2D eigenvalue weighted by atomic mass is 16.5. The van der Waals surface area contributed by atoms with Crippen LogP contribution in [-0.4, -0.2) is 51.3 Å². The number of benzene rings is 1. The molecular weight excluding hydrogens is 306 g/mol. The molecule has 0 aliphatic carbocycles. The van der Waals surface area contributed by atoms with Crippen molar-refractivity contribution in [1.29, 1.82) is 0 Å². The molecule has 1 aromatic carbocycles. The Hall–Kier alpha value is -2.96. The molecule has 1 aromatic heterocycles. The van der Waals surface area contributed by atoms with E-state index in [0.29, 0.717) is 19.0 Å². The van der Waals surface area contributed by atoms with Gasteiger partial charge in [0, 0.05) is 25.0 Å². The maximum Gasteiger partial charge on any atom is 0.341 e. The van der Waals surface area contributed by atoms with Gasteiger partial charge in [-0.05, 0) is 5.56 Å². The monoisotopic (exact) mass is 323 g/mol. The molecular formula is C17H17N5O2. The smallest absolute Gasteiger partial charge is 0.341 e. The number of amides is 2. The molecule has 2 aliphatic rings. The summed E-state index contributed by atoms with van der Waals surface area (Å²) in [6.07, 6.45) is 7.23. The van der Waals surface area contributed by atoms with Gasteiger partial charge in [0.1, 0.15) is 6.10 Å². The highest BCUT2D eigenvalue weighted by Gasteiger charge is 2.38. The Balaban J connectivity index is 1.36. The molecule has 2 aliphatic heterocycles. The van der Waals surface area contributed by atoms with Crippen molar-refractivity contribution in [1.82, 2.24) is 19.9 Å². The maximum absolute atomic E-state index is 12.7. The first-order valence-corrected chi connectivity index (χ1v) is 7.89. The standard InChI is InChI=1S/C17H17N5O2/c23-17(21-11-14(12-21)24-16-10-18-8-9-19-16)22-15(6-7-20-22)13-4-2-1-3-5-13/h1-5,7-10,14-15H,6,11-12H2. The van der Waals surface area contributed by atoms with Crippen molar-refractivity contribution in [3.05, 3.63) is 54.5 Å². The Morgan fingerprint density at radius 2 is 2.00 bits per heavy atom. The highest BCUT2D eigenvalue weighted by molar-refractivity contribution is 5.79. The first-order valence-electron chi connectivity index (χ1n) is 7.89. The van der Waals surface area contributed by atoms with Crippen LogP contribution >= 0.6 is 0 Å². The Kier molecular flexibility index (Phi) is 3.82. The third-order valence-electron chi connectivity index (χ3n) is 4.16. The van der Waals surface area contributed by atoms with Crippen LogP contribution in [0.5, 0.6) is 5.88 Å². The molecule has 1 atom stereocenters. The zero-order valence-electron chi connectivity index (χ0n) is 13.0. The second-order valence-corrected chi connectivity index (χ2v) is 5.78. The van der Waals surface area contributed by atoms with Crippen LogP contribution in [0.3, 0.4) is 0 Å². The summed E-state index contributed by atoms with van der Waals surface area (Å²) in [6, 6.07) is 9.85. The SMILES string of the molecule is O=C(N1CC(Oc2cnccn2)C1)N1N=CCC1c1ccccc1. The van der Waals surface area contributed by atoms with E-state index in [1.54, 1.807) is 34.7 Å². The quantitative estimate of drug-likeness (QED) is 0.867. The van der Waals surface area contributed by atoms with Gasteiger partial charge < -0.3 is 9.64 Å². The average molecular weight is 323 g/mol. The summed E-state index contributed by atoms with van der Waals surface area (Å²) >= 11 is 0. The zero-order valence-corrected chi connectivity index (χ0v) is 13.0. The Morgan fingerprint density at radius 3 is 2.75 bits per heavy atom. The van der Waals surface area contributed by atoms with Crippen LogP contribution in [0.2, 0.25) is 0 Å². The number of carbonyl (C=O) groups excluding carboxylic acids is 1. The second kappa shape index (κ2) is 6.27. The van der Waals surface area contributed by atoms with Gasteiger partial charge in [-0.15, -0.1) is 0 Å². The molecule has 2 amide bonds. The van der Waals surface area contributed by atoms with E-state index < -0.39 is 0 Å². The van der Waals surface area contributed by atoms with Crippen molar-refractivity contribution in [2.24, 2.45) is 5.10 Å². The van der Waals surface area contributed by atoms with E-state index in [1.165, 1.54) is 0 Å². The molecule has 24 heavy (non-hydrogen) atoms. The zero-order chi connectivity index (χ0) is 16.4. The molecule has 0 saturated carbocycles. The van der Waals surface area contributed by atoms with E-state index in [1.807, 2.05) is 30.3 Å². The summed E-state index contributed by atoms with van der Waals surface area (Å²) in [5.41, 5.74) is 1.09. The lowest BCUT2D eigenvalue weighted by atomic mass is 10.0. The fourth-order valence-electron chi connectivity index (χ4n) is 2.88.